The number of guanidine groups is 1. The van der Waals surface area contributed by atoms with Gasteiger partial charge in [0.1, 0.15) is 0 Å². The van der Waals surface area contributed by atoms with Crippen LogP contribution in [-0.2, 0) is 20.8 Å². The van der Waals surface area contributed by atoms with Crippen LogP contribution in [0, 0.1) is 0 Å². The number of morpholine rings is 1. The number of hydrogen-bond donors (Lipinski definition) is 1. The Kier molecular flexibility index (Phi) is 10.2. The molecule has 2 aliphatic heterocycles. The predicted molar refractivity (Wildman–Crippen MR) is 125 cm³/mol. The molecule has 0 amide bonds. The molecule has 2 unspecified atom stereocenters. The zero-order chi connectivity index (χ0) is 19.8. The molecule has 1 aromatic carbocycles. The first kappa shape index (κ1) is 23.9. The summed E-state index contributed by atoms with van der Waals surface area (Å²) in [5.74, 6) is 0.734. The van der Waals surface area contributed by atoms with Gasteiger partial charge in [0.15, 0.2) is 5.96 Å². The Bertz CT molecular complexity index is 659. The number of nitrogens with zero attached hydrogens (tertiary/aromatic N) is 3. The molecule has 0 aromatic heterocycles. The van der Waals surface area contributed by atoms with Crippen LogP contribution in [-0.4, -0.2) is 80.3 Å². The largest absolute Gasteiger partial charge is 0.466 e. The molecule has 0 radical (unpaired) electrons. The van der Waals surface area contributed by atoms with Crippen molar-refractivity contribution < 1.29 is 14.3 Å². The van der Waals surface area contributed by atoms with Crippen LogP contribution in [0.2, 0.25) is 0 Å². The van der Waals surface area contributed by atoms with Crippen LogP contribution >= 0.6 is 24.0 Å². The number of carbonyl (C=O) groups is 1. The molecule has 2 heterocycles. The monoisotopic (exact) mass is 516 g/mol. The van der Waals surface area contributed by atoms with Crippen LogP contribution in [0.3, 0.4) is 0 Å². The summed E-state index contributed by atoms with van der Waals surface area (Å²) in [4.78, 5) is 20.7. The molecule has 0 saturated carbocycles. The number of nitrogens with one attached hydrogen (secondary N) is 1. The lowest BCUT2D eigenvalue weighted by molar-refractivity contribution is -0.143. The Labute approximate surface area is 190 Å². The molecule has 3 rings (SSSR count). The highest BCUT2D eigenvalue weighted by molar-refractivity contribution is 14.0. The first-order valence-electron chi connectivity index (χ1n) is 10.2. The average molecular weight is 516 g/mol. The normalized spacial score (nSPS) is 22.0. The Balaban J connectivity index is 0.00000300. The van der Waals surface area contributed by atoms with Crippen molar-refractivity contribution in [3.05, 3.63) is 35.9 Å². The fourth-order valence-electron chi connectivity index (χ4n) is 3.94. The standard InChI is InChI=1S/C21H32N4O3.HI/c1-3-27-20(26)10-7-11-23-21(22-2)25-15-18-19(16-25)28-13-12-24(18)14-17-8-5-4-6-9-17;/h4-6,8-9,18-19H,3,7,10-16H2,1-2H3,(H,22,23);1H. The van der Waals surface area contributed by atoms with Gasteiger partial charge in [0.25, 0.3) is 0 Å². The Hall–Kier alpha value is -1.39. The zero-order valence-corrected chi connectivity index (χ0v) is 19.7. The fourth-order valence-corrected chi connectivity index (χ4v) is 3.94. The highest BCUT2D eigenvalue weighted by Gasteiger charge is 2.41. The van der Waals surface area contributed by atoms with E-state index in [9.17, 15) is 4.79 Å². The number of halogens is 1. The Morgan fingerprint density at radius 3 is 2.83 bits per heavy atom. The van der Waals surface area contributed by atoms with Crippen molar-refractivity contribution >= 4 is 35.9 Å². The van der Waals surface area contributed by atoms with Gasteiger partial charge in [-0.2, -0.15) is 0 Å². The van der Waals surface area contributed by atoms with E-state index < -0.39 is 0 Å². The Morgan fingerprint density at radius 1 is 1.31 bits per heavy atom. The second-order valence-electron chi connectivity index (χ2n) is 7.22. The number of esters is 1. The van der Waals surface area contributed by atoms with E-state index in [1.165, 1.54) is 5.56 Å². The zero-order valence-electron chi connectivity index (χ0n) is 17.4. The Morgan fingerprint density at radius 2 is 2.10 bits per heavy atom. The second-order valence-corrected chi connectivity index (χ2v) is 7.22. The van der Waals surface area contributed by atoms with Gasteiger partial charge in [0.2, 0.25) is 0 Å². The highest BCUT2D eigenvalue weighted by Crippen LogP contribution is 2.24. The molecule has 0 spiro atoms. The van der Waals surface area contributed by atoms with Crippen LogP contribution in [0.25, 0.3) is 0 Å². The van der Waals surface area contributed by atoms with E-state index in [1.54, 1.807) is 7.05 Å². The lowest BCUT2D eigenvalue weighted by Crippen LogP contribution is -2.50. The first-order chi connectivity index (χ1) is 13.7. The molecular formula is C21H33IN4O3. The summed E-state index contributed by atoms with van der Waals surface area (Å²) < 4.78 is 11.0. The van der Waals surface area contributed by atoms with E-state index in [0.717, 1.165) is 45.2 Å². The molecule has 162 valence electrons. The summed E-state index contributed by atoms with van der Waals surface area (Å²) in [6, 6.07) is 11.0. The number of carbonyl (C=O) groups excluding carboxylic acids is 1. The van der Waals surface area contributed by atoms with Crippen LogP contribution in [0.5, 0.6) is 0 Å². The third-order valence-electron chi connectivity index (χ3n) is 5.30. The van der Waals surface area contributed by atoms with Crippen molar-refractivity contribution in [2.75, 3.05) is 46.4 Å². The molecule has 2 saturated heterocycles. The van der Waals surface area contributed by atoms with E-state index in [1.807, 2.05) is 6.92 Å². The average Bonchev–Trinajstić information content (AvgIpc) is 3.14. The van der Waals surface area contributed by atoms with Gasteiger partial charge in [0, 0.05) is 46.2 Å². The van der Waals surface area contributed by atoms with Crippen molar-refractivity contribution in [3.63, 3.8) is 0 Å². The van der Waals surface area contributed by atoms with Gasteiger partial charge in [-0.05, 0) is 18.9 Å². The molecule has 1 aromatic rings. The van der Waals surface area contributed by atoms with Gasteiger partial charge in [-0.15, -0.1) is 24.0 Å². The van der Waals surface area contributed by atoms with Crippen LogP contribution in [0.1, 0.15) is 25.3 Å². The van der Waals surface area contributed by atoms with E-state index in [0.29, 0.717) is 25.6 Å². The molecule has 8 heteroatoms. The maximum absolute atomic E-state index is 11.5. The lowest BCUT2D eigenvalue weighted by atomic mass is 10.1. The molecule has 0 aliphatic carbocycles. The molecule has 29 heavy (non-hydrogen) atoms. The number of likely N-dealkylation sites (tertiary alicyclic amines) is 1. The van der Waals surface area contributed by atoms with Gasteiger partial charge >= 0.3 is 5.97 Å². The number of rotatable bonds is 7. The van der Waals surface area contributed by atoms with E-state index in [2.05, 4.69) is 50.4 Å². The maximum Gasteiger partial charge on any atom is 0.305 e. The van der Waals surface area contributed by atoms with Gasteiger partial charge < -0.3 is 19.7 Å². The van der Waals surface area contributed by atoms with Crippen LogP contribution < -0.4 is 5.32 Å². The SMILES string of the molecule is CCOC(=O)CCCNC(=NC)N1CC2OCCN(Cc3ccccc3)C2C1.I. The van der Waals surface area contributed by atoms with Crippen molar-refractivity contribution in [2.24, 2.45) is 4.99 Å². The smallest absolute Gasteiger partial charge is 0.305 e. The van der Waals surface area contributed by atoms with Gasteiger partial charge in [-0.25, -0.2) is 0 Å². The summed E-state index contributed by atoms with van der Waals surface area (Å²) in [6.07, 6.45) is 1.36. The van der Waals surface area contributed by atoms with Gasteiger partial charge in [-0.3, -0.25) is 14.7 Å². The van der Waals surface area contributed by atoms with E-state index in [-0.39, 0.29) is 36.0 Å². The van der Waals surface area contributed by atoms with Crippen molar-refractivity contribution in [1.82, 2.24) is 15.1 Å². The minimum atomic E-state index is -0.142. The minimum Gasteiger partial charge on any atom is -0.466 e. The first-order valence-corrected chi connectivity index (χ1v) is 10.2. The second kappa shape index (κ2) is 12.3. The molecule has 2 atom stereocenters. The molecule has 2 aliphatic rings. The summed E-state index contributed by atoms with van der Waals surface area (Å²) in [6.45, 7) is 7.38. The van der Waals surface area contributed by atoms with Crippen molar-refractivity contribution in [1.29, 1.82) is 0 Å². The molecular weight excluding hydrogens is 483 g/mol. The number of benzene rings is 1. The number of aliphatic imine (C=N–C) groups is 1. The summed E-state index contributed by atoms with van der Waals surface area (Å²) in [5.41, 5.74) is 1.34. The predicted octanol–water partition coefficient (Wildman–Crippen LogP) is 2.11. The molecule has 2 fully saturated rings. The maximum atomic E-state index is 11.5. The molecule has 1 N–H and O–H groups in total. The summed E-state index contributed by atoms with van der Waals surface area (Å²) in [7, 11) is 1.80. The summed E-state index contributed by atoms with van der Waals surface area (Å²) in [5, 5.41) is 3.38. The number of hydrogen-bond acceptors (Lipinski definition) is 5. The van der Waals surface area contributed by atoms with E-state index in [4.69, 9.17) is 9.47 Å². The van der Waals surface area contributed by atoms with Gasteiger partial charge in [0.05, 0.1) is 25.4 Å². The fraction of sp³-hybridized carbons (Fsp3) is 0.619. The quantitative estimate of drug-likeness (QED) is 0.197. The number of ether oxygens (including phenoxy) is 2. The lowest BCUT2D eigenvalue weighted by Gasteiger charge is -2.36. The van der Waals surface area contributed by atoms with Crippen LogP contribution in [0.15, 0.2) is 35.3 Å². The third kappa shape index (κ3) is 6.82. The highest BCUT2D eigenvalue weighted by atomic mass is 127. The topological polar surface area (TPSA) is 66.4 Å². The number of fused-ring (bicyclic) bond motifs is 1. The molecule has 7 nitrogen and oxygen atoms in total. The van der Waals surface area contributed by atoms with Gasteiger partial charge in [-0.1, -0.05) is 30.3 Å². The summed E-state index contributed by atoms with van der Waals surface area (Å²) >= 11 is 0. The van der Waals surface area contributed by atoms with Crippen molar-refractivity contribution in [3.8, 4) is 0 Å². The van der Waals surface area contributed by atoms with E-state index >= 15 is 0 Å². The minimum absolute atomic E-state index is 0. The van der Waals surface area contributed by atoms with Crippen LogP contribution in [0.4, 0.5) is 0 Å². The third-order valence-corrected chi connectivity index (χ3v) is 5.30. The molecule has 0 bridgehead atoms. The van der Waals surface area contributed by atoms with Crippen molar-refractivity contribution in [2.45, 2.75) is 38.5 Å².